The Labute approximate surface area is 186 Å². The van der Waals surface area contributed by atoms with Crippen LogP contribution in [0.1, 0.15) is 57.5 Å². The number of aromatic nitrogens is 4. The topological polar surface area (TPSA) is 93.0 Å². The van der Waals surface area contributed by atoms with Gasteiger partial charge in [0, 0.05) is 30.3 Å². The third-order valence-electron chi connectivity index (χ3n) is 6.62. The molecule has 0 bridgehead atoms. The van der Waals surface area contributed by atoms with E-state index in [1.165, 1.54) is 6.33 Å². The molecular formula is C24H26N6O2. The third-order valence-corrected chi connectivity index (χ3v) is 6.62. The van der Waals surface area contributed by atoms with Crippen molar-refractivity contribution in [3.63, 3.8) is 0 Å². The Balaban J connectivity index is 1.15. The molecule has 1 aliphatic heterocycles. The number of hydrogen-bond acceptors (Lipinski definition) is 5. The number of nitrogens with zero attached hydrogens (tertiary/aromatic N) is 5. The average Bonchev–Trinajstić information content (AvgIpc) is 3.44. The van der Waals surface area contributed by atoms with Gasteiger partial charge in [0.25, 0.3) is 11.8 Å². The van der Waals surface area contributed by atoms with Gasteiger partial charge in [-0.05, 0) is 78.3 Å². The molecule has 32 heavy (non-hydrogen) atoms. The molecule has 1 fully saturated rings. The Kier molecular flexibility index (Phi) is 5.43. The molecule has 3 aromatic rings. The van der Waals surface area contributed by atoms with Crippen molar-refractivity contribution in [3.05, 3.63) is 71.0 Å². The first-order valence-corrected chi connectivity index (χ1v) is 11.1. The molecule has 0 spiro atoms. The predicted molar refractivity (Wildman–Crippen MR) is 118 cm³/mol. The van der Waals surface area contributed by atoms with Gasteiger partial charge in [0.05, 0.1) is 5.69 Å². The van der Waals surface area contributed by atoms with Crippen LogP contribution in [0.5, 0.6) is 0 Å². The van der Waals surface area contributed by atoms with Crippen molar-refractivity contribution >= 4 is 11.8 Å². The number of benzene rings is 2. The maximum absolute atomic E-state index is 12.9. The van der Waals surface area contributed by atoms with E-state index in [9.17, 15) is 9.59 Å². The monoisotopic (exact) mass is 430 g/mol. The summed E-state index contributed by atoms with van der Waals surface area (Å²) in [5.74, 6) is 0.550. The lowest BCUT2D eigenvalue weighted by Gasteiger charge is -2.31. The smallest absolute Gasteiger partial charge is 0.254 e. The SMILES string of the molecule is Cc1ccc(C(=O)NC2CCC(CN3Cc4ccccc4C3=O)CC2)cc1-n1cnnn1. The molecule has 2 aliphatic rings. The van der Waals surface area contributed by atoms with E-state index in [0.717, 1.165) is 54.6 Å². The van der Waals surface area contributed by atoms with E-state index in [4.69, 9.17) is 0 Å². The normalized spacial score (nSPS) is 20.3. The molecule has 0 radical (unpaired) electrons. The number of hydrogen-bond donors (Lipinski definition) is 1. The second kappa shape index (κ2) is 8.53. The molecule has 1 aromatic heterocycles. The van der Waals surface area contributed by atoms with Gasteiger partial charge in [-0.3, -0.25) is 9.59 Å². The molecular weight excluding hydrogens is 404 g/mol. The highest BCUT2D eigenvalue weighted by molar-refractivity contribution is 5.98. The maximum Gasteiger partial charge on any atom is 0.254 e. The summed E-state index contributed by atoms with van der Waals surface area (Å²) in [6, 6.07) is 13.6. The molecule has 164 valence electrons. The minimum absolute atomic E-state index is 0.0760. The van der Waals surface area contributed by atoms with Crippen molar-refractivity contribution in [3.8, 4) is 5.69 Å². The Morgan fingerprint density at radius 2 is 1.94 bits per heavy atom. The van der Waals surface area contributed by atoms with Gasteiger partial charge >= 0.3 is 0 Å². The molecule has 2 heterocycles. The quantitative estimate of drug-likeness (QED) is 0.672. The van der Waals surface area contributed by atoms with Gasteiger partial charge in [-0.25, -0.2) is 4.68 Å². The predicted octanol–water partition coefficient (Wildman–Crippen LogP) is 2.92. The fourth-order valence-corrected chi connectivity index (χ4v) is 4.80. The first-order valence-electron chi connectivity index (χ1n) is 11.1. The van der Waals surface area contributed by atoms with Crippen LogP contribution in [0.2, 0.25) is 0 Å². The fourth-order valence-electron chi connectivity index (χ4n) is 4.80. The fraction of sp³-hybridized carbons (Fsp3) is 0.375. The van der Waals surface area contributed by atoms with E-state index in [-0.39, 0.29) is 17.9 Å². The number of rotatable bonds is 5. The van der Waals surface area contributed by atoms with Crippen LogP contribution in [0.3, 0.4) is 0 Å². The van der Waals surface area contributed by atoms with E-state index in [1.54, 1.807) is 4.68 Å². The van der Waals surface area contributed by atoms with Crippen molar-refractivity contribution in [2.24, 2.45) is 5.92 Å². The van der Waals surface area contributed by atoms with Crippen LogP contribution in [-0.2, 0) is 6.54 Å². The molecule has 0 unspecified atom stereocenters. The second-order valence-corrected chi connectivity index (χ2v) is 8.79. The zero-order valence-corrected chi connectivity index (χ0v) is 18.1. The number of tetrazole rings is 1. The van der Waals surface area contributed by atoms with Crippen LogP contribution in [0.25, 0.3) is 5.69 Å². The number of carbonyl (C=O) groups is 2. The standard InChI is InChI=1S/C24H26N6O2/c1-16-6-9-18(12-22(16)30-15-25-27-28-30)23(31)26-20-10-7-17(8-11-20)13-29-14-19-4-2-3-5-21(19)24(29)32/h2-6,9,12,15,17,20H,7-8,10-11,13-14H2,1H3,(H,26,31). The number of amides is 2. The minimum atomic E-state index is -0.0760. The van der Waals surface area contributed by atoms with Crippen molar-refractivity contribution in [2.45, 2.75) is 45.2 Å². The minimum Gasteiger partial charge on any atom is -0.349 e. The Bertz CT molecular complexity index is 1140. The van der Waals surface area contributed by atoms with Crippen molar-refractivity contribution in [2.75, 3.05) is 6.54 Å². The zero-order valence-electron chi connectivity index (χ0n) is 18.1. The van der Waals surface area contributed by atoms with E-state index < -0.39 is 0 Å². The summed E-state index contributed by atoms with van der Waals surface area (Å²) < 4.78 is 1.56. The van der Waals surface area contributed by atoms with Crippen LogP contribution in [0.15, 0.2) is 48.8 Å². The maximum atomic E-state index is 12.9. The van der Waals surface area contributed by atoms with Gasteiger partial charge in [-0.15, -0.1) is 5.10 Å². The van der Waals surface area contributed by atoms with Crippen LogP contribution >= 0.6 is 0 Å². The van der Waals surface area contributed by atoms with E-state index in [1.807, 2.05) is 54.3 Å². The molecule has 2 aromatic carbocycles. The lowest BCUT2D eigenvalue weighted by Crippen LogP contribution is -2.40. The van der Waals surface area contributed by atoms with Crippen LogP contribution in [0.4, 0.5) is 0 Å². The largest absolute Gasteiger partial charge is 0.349 e. The summed E-state index contributed by atoms with van der Waals surface area (Å²) in [7, 11) is 0. The van der Waals surface area contributed by atoms with Gasteiger partial charge < -0.3 is 10.2 Å². The number of aryl methyl sites for hydroxylation is 1. The summed E-state index contributed by atoms with van der Waals surface area (Å²) in [4.78, 5) is 27.5. The Hall–Kier alpha value is -3.55. The zero-order chi connectivity index (χ0) is 22.1. The summed E-state index contributed by atoms with van der Waals surface area (Å²) in [6.07, 6.45) is 5.40. The molecule has 0 atom stereocenters. The summed E-state index contributed by atoms with van der Waals surface area (Å²) in [5, 5.41) is 14.5. The molecule has 0 saturated heterocycles. The van der Waals surface area contributed by atoms with Crippen LogP contribution < -0.4 is 5.32 Å². The van der Waals surface area contributed by atoms with Gasteiger partial charge in [0.15, 0.2) is 0 Å². The lowest BCUT2D eigenvalue weighted by atomic mass is 9.85. The van der Waals surface area contributed by atoms with Gasteiger partial charge in [0.1, 0.15) is 6.33 Å². The lowest BCUT2D eigenvalue weighted by molar-refractivity contribution is 0.0732. The number of carbonyl (C=O) groups excluding carboxylic acids is 2. The second-order valence-electron chi connectivity index (χ2n) is 8.79. The molecule has 2 amide bonds. The van der Waals surface area contributed by atoms with E-state index >= 15 is 0 Å². The van der Waals surface area contributed by atoms with Crippen molar-refractivity contribution in [1.82, 2.24) is 30.4 Å². The average molecular weight is 431 g/mol. The first kappa shape index (κ1) is 20.4. The number of fused-ring (bicyclic) bond motifs is 1. The molecule has 8 nitrogen and oxygen atoms in total. The highest BCUT2D eigenvalue weighted by Gasteiger charge is 2.30. The molecule has 1 aliphatic carbocycles. The molecule has 5 rings (SSSR count). The number of nitrogens with one attached hydrogen (secondary N) is 1. The molecule has 1 N–H and O–H groups in total. The van der Waals surface area contributed by atoms with Gasteiger partial charge in [0.2, 0.25) is 0 Å². The summed E-state index contributed by atoms with van der Waals surface area (Å²) in [6.45, 7) is 3.47. The third kappa shape index (κ3) is 4.00. The van der Waals surface area contributed by atoms with Crippen LogP contribution in [-0.4, -0.2) is 49.5 Å². The Morgan fingerprint density at radius 3 is 2.69 bits per heavy atom. The Morgan fingerprint density at radius 1 is 1.12 bits per heavy atom. The molecule has 8 heteroatoms. The first-order chi connectivity index (χ1) is 15.6. The van der Waals surface area contributed by atoms with Crippen molar-refractivity contribution < 1.29 is 9.59 Å². The highest BCUT2D eigenvalue weighted by atomic mass is 16.2. The summed E-state index contributed by atoms with van der Waals surface area (Å²) in [5.41, 5.74) is 4.35. The van der Waals surface area contributed by atoms with Crippen molar-refractivity contribution in [1.29, 1.82) is 0 Å². The molecule has 1 saturated carbocycles. The highest BCUT2D eigenvalue weighted by Crippen LogP contribution is 2.29. The van der Waals surface area contributed by atoms with E-state index in [0.29, 0.717) is 18.0 Å². The summed E-state index contributed by atoms with van der Waals surface area (Å²) >= 11 is 0. The van der Waals surface area contributed by atoms with Crippen LogP contribution in [0, 0.1) is 12.8 Å². The van der Waals surface area contributed by atoms with E-state index in [2.05, 4.69) is 20.8 Å². The van der Waals surface area contributed by atoms with Gasteiger partial charge in [-0.1, -0.05) is 24.3 Å². The van der Waals surface area contributed by atoms with Gasteiger partial charge in [-0.2, -0.15) is 0 Å².